The second-order valence-electron chi connectivity index (χ2n) is 8.74. The number of likely N-dealkylation sites (tertiary alicyclic amines) is 1. The Bertz CT molecular complexity index is 655. The highest BCUT2D eigenvalue weighted by molar-refractivity contribution is 5.68. The van der Waals surface area contributed by atoms with Crippen molar-refractivity contribution in [3.8, 4) is 0 Å². The zero-order chi connectivity index (χ0) is 20.9. The van der Waals surface area contributed by atoms with Gasteiger partial charge in [0.05, 0.1) is 5.69 Å². The number of halogens is 1. The summed E-state index contributed by atoms with van der Waals surface area (Å²) in [7, 11) is 0. The van der Waals surface area contributed by atoms with Crippen LogP contribution in [0.3, 0.4) is 0 Å². The van der Waals surface area contributed by atoms with Gasteiger partial charge in [0.15, 0.2) is 0 Å². The lowest BCUT2D eigenvalue weighted by molar-refractivity contribution is 0.0204. The largest absolute Gasteiger partial charge is 0.444 e. The predicted octanol–water partition coefficient (Wildman–Crippen LogP) is 3.44. The smallest absolute Gasteiger partial charge is 0.410 e. The molecule has 2 atom stereocenters. The number of hydrogen-bond acceptors (Lipinski definition) is 5. The Morgan fingerprint density at radius 2 is 2.00 bits per heavy atom. The molecular formula is C21H34FN3O3. The minimum Gasteiger partial charge on any atom is -0.444 e. The number of carbonyl (C=O) groups is 1. The average molecular weight is 396 g/mol. The molecule has 2 rings (SSSR count). The molecule has 1 unspecified atom stereocenters. The summed E-state index contributed by atoms with van der Waals surface area (Å²) in [6.07, 6.45) is 1.28. The number of amides is 1. The molecule has 0 aromatic carbocycles. The second kappa shape index (κ2) is 9.65. The van der Waals surface area contributed by atoms with Crippen LogP contribution in [0.5, 0.6) is 0 Å². The molecule has 1 aromatic heterocycles. The maximum Gasteiger partial charge on any atom is 0.410 e. The van der Waals surface area contributed by atoms with Crippen LogP contribution in [0.2, 0.25) is 0 Å². The SMILES string of the molecule is CC(CO)[C@@H](C)NCc1nc(C2CCN(C(=O)OC(C)(C)C)CC2)ccc1F. The van der Waals surface area contributed by atoms with Gasteiger partial charge in [0, 0.05) is 43.9 Å². The van der Waals surface area contributed by atoms with Crippen LogP contribution in [-0.4, -0.2) is 52.4 Å². The van der Waals surface area contributed by atoms with Gasteiger partial charge in [0.2, 0.25) is 0 Å². The Balaban J connectivity index is 1.95. The van der Waals surface area contributed by atoms with Crippen molar-refractivity contribution < 1.29 is 19.0 Å². The quantitative estimate of drug-likeness (QED) is 0.772. The van der Waals surface area contributed by atoms with E-state index in [0.717, 1.165) is 18.5 Å². The minimum absolute atomic E-state index is 0.0620. The number of aliphatic hydroxyl groups is 1. The maximum atomic E-state index is 14.2. The van der Waals surface area contributed by atoms with Crippen LogP contribution >= 0.6 is 0 Å². The van der Waals surface area contributed by atoms with E-state index in [9.17, 15) is 14.3 Å². The summed E-state index contributed by atoms with van der Waals surface area (Å²) in [5.74, 6) is -0.0402. The molecule has 2 N–H and O–H groups in total. The number of rotatable bonds is 6. The zero-order valence-electron chi connectivity index (χ0n) is 17.7. The molecule has 1 aliphatic heterocycles. The van der Waals surface area contributed by atoms with Crippen molar-refractivity contribution in [1.82, 2.24) is 15.2 Å². The van der Waals surface area contributed by atoms with Gasteiger partial charge in [-0.2, -0.15) is 0 Å². The highest BCUT2D eigenvalue weighted by Crippen LogP contribution is 2.28. The summed E-state index contributed by atoms with van der Waals surface area (Å²) < 4.78 is 19.6. The Hall–Kier alpha value is -1.73. The number of carbonyl (C=O) groups excluding carboxylic acids is 1. The molecule has 1 saturated heterocycles. The summed E-state index contributed by atoms with van der Waals surface area (Å²) in [6, 6.07) is 3.28. The summed E-state index contributed by atoms with van der Waals surface area (Å²) >= 11 is 0. The molecular weight excluding hydrogens is 361 g/mol. The lowest BCUT2D eigenvalue weighted by Gasteiger charge is -2.33. The van der Waals surface area contributed by atoms with Crippen molar-refractivity contribution in [2.24, 2.45) is 5.92 Å². The standard InChI is InChI=1S/C21H34FN3O3/c1-14(13-26)15(2)23-12-19-17(22)6-7-18(24-19)16-8-10-25(11-9-16)20(27)28-21(3,4)5/h6-7,14-16,23,26H,8-13H2,1-5H3/t14?,15-/m1/s1. The molecule has 1 amide bonds. The van der Waals surface area contributed by atoms with Gasteiger partial charge >= 0.3 is 6.09 Å². The van der Waals surface area contributed by atoms with Crippen LogP contribution in [0.4, 0.5) is 9.18 Å². The van der Waals surface area contributed by atoms with E-state index in [0.29, 0.717) is 25.3 Å². The molecule has 0 saturated carbocycles. The van der Waals surface area contributed by atoms with Gasteiger partial charge in [-0.1, -0.05) is 6.92 Å². The first-order valence-corrected chi connectivity index (χ1v) is 10.1. The number of aliphatic hydroxyl groups excluding tert-OH is 1. The van der Waals surface area contributed by atoms with E-state index in [1.165, 1.54) is 6.07 Å². The van der Waals surface area contributed by atoms with Gasteiger partial charge in [-0.15, -0.1) is 0 Å². The number of nitrogens with one attached hydrogen (secondary N) is 1. The van der Waals surface area contributed by atoms with Crippen molar-refractivity contribution in [3.05, 3.63) is 29.3 Å². The molecule has 28 heavy (non-hydrogen) atoms. The van der Waals surface area contributed by atoms with Gasteiger partial charge in [-0.25, -0.2) is 9.18 Å². The fourth-order valence-corrected chi connectivity index (χ4v) is 3.15. The van der Waals surface area contributed by atoms with E-state index in [-0.39, 0.29) is 36.4 Å². The predicted molar refractivity (Wildman–Crippen MR) is 107 cm³/mol. The zero-order valence-corrected chi connectivity index (χ0v) is 17.7. The highest BCUT2D eigenvalue weighted by Gasteiger charge is 2.28. The van der Waals surface area contributed by atoms with Crippen molar-refractivity contribution in [1.29, 1.82) is 0 Å². The van der Waals surface area contributed by atoms with Gasteiger partial charge < -0.3 is 20.1 Å². The first-order valence-electron chi connectivity index (χ1n) is 10.1. The Labute approximate surface area is 167 Å². The van der Waals surface area contributed by atoms with Crippen LogP contribution in [0.25, 0.3) is 0 Å². The molecule has 1 fully saturated rings. The van der Waals surface area contributed by atoms with Crippen LogP contribution in [0.15, 0.2) is 12.1 Å². The van der Waals surface area contributed by atoms with E-state index in [4.69, 9.17) is 4.74 Å². The molecule has 1 aliphatic rings. The maximum absolute atomic E-state index is 14.2. The molecule has 0 aliphatic carbocycles. The number of ether oxygens (including phenoxy) is 1. The summed E-state index contributed by atoms with van der Waals surface area (Å²) in [5, 5.41) is 12.5. The monoisotopic (exact) mass is 395 g/mol. The van der Waals surface area contributed by atoms with E-state index in [1.54, 1.807) is 11.0 Å². The van der Waals surface area contributed by atoms with Crippen molar-refractivity contribution in [2.75, 3.05) is 19.7 Å². The number of nitrogens with zero attached hydrogens (tertiary/aromatic N) is 2. The Morgan fingerprint density at radius 1 is 1.36 bits per heavy atom. The minimum atomic E-state index is -0.501. The molecule has 0 bridgehead atoms. The van der Waals surface area contributed by atoms with Crippen molar-refractivity contribution in [3.63, 3.8) is 0 Å². The fraction of sp³-hybridized carbons (Fsp3) is 0.714. The number of pyridine rings is 1. The van der Waals surface area contributed by atoms with Crippen molar-refractivity contribution >= 4 is 6.09 Å². The van der Waals surface area contributed by atoms with Crippen LogP contribution in [0, 0.1) is 11.7 Å². The number of piperidine rings is 1. The van der Waals surface area contributed by atoms with Crippen LogP contribution in [0.1, 0.15) is 64.8 Å². The normalized spacial score (nSPS) is 18.0. The summed E-state index contributed by atoms with van der Waals surface area (Å²) in [5.41, 5.74) is 0.757. The van der Waals surface area contributed by atoms with Gasteiger partial charge in [0.25, 0.3) is 0 Å². The third kappa shape index (κ3) is 6.41. The molecule has 1 aromatic rings. The summed E-state index contributed by atoms with van der Waals surface area (Å²) in [4.78, 5) is 18.5. The molecule has 0 spiro atoms. The van der Waals surface area contributed by atoms with E-state index in [2.05, 4.69) is 10.3 Å². The van der Waals surface area contributed by atoms with E-state index in [1.807, 2.05) is 34.6 Å². The molecule has 7 heteroatoms. The number of hydrogen-bond donors (Lipinski definition) is 2. The van der Waals surface area contributed by atoms with Gasteiger partial charge in [0.1, 0.15) is 11.4 Å². The lowest BCUT2D eigenvalue weighted by atomic mass is 9.93. The average Bonchev–Trinajstić information content (AvgIpc) is 2.65. The second-order valence-corrected chi connectivity index (χ2v) is 8.74. The Kier molecular flexibility index (Phi) is 7.78. The lowest BCUT2D eigenvalue weighted by Crippen LogP contribution is -2.41. The number of aromatic nitrogens is 1. The molecule has 158 valence electrons. The molecule has 6 nitrogen and oxygen atoms in total. The van der Waals surface area contributed by atoms with Gasteiger partial charge in [-0.05, 0) is 58.6 Å². The highest BCUT2D eigenvalue weighted by atomic mass is 19.1. The first-order chi connectivity index (χ1) is 13.1. The van der Waals surface area contributed by atoms with Crippen LogP contribution in [-0.2, 0) is 11.3 Å². The molecule has 2 heterocycles. The third-order valence-electron chi connectivity index (χ3n) is 5.24. The van der Waals surface area contributed by atoms with E-state index >= 15 is 0 Å². The fourth-order valence-electron chi connectivity index (χ4n) is 3.15. The summed E-state index contributed by atoms with van der Waals surface area (Å²) in [6.45, 7) is 11.1. The topological polar surface area (TPSA) is 74.7 Å². The molecule has 0 radical (unpaired) electrons. The Morgan fingerprint density at radius 3 is 2.57 bits per heavy atom. The van der Waals surface area contributed by atoms with E-state index < -0.39 is 5.60 Å². The third-order valence-corrected chi connectivity index (χ3v) is 5.24. The first kappa shape index (κ1) is 22.6. The van der Waals surface area contributed by atoms with Crippen LogP contribution < -0.4 is 5.32 Å². The van der Waals surface area contributed by atoms with Crippen molar-refractivity contribution in [2.45, 2.75) is 71.6 Å². The van der Waals surface area contributed by atoms with Gasteiger partial charge in [-0.3, -0.25) is 4.98 Å².